The van der Waals surface area contributed by atoms with Gasteiger partial charge in [0.25, 0.3) is 0 Å². The fourth-order valence-corrected chi connectivity index (χ4v) is 3.05. The van der Waals surface area contributed by atoms with Crippen molar-refractivity contribution in [3.8, 4) is 6.07 Å². The topological polar surface area (TPSA) is 56.1 Å². The number of hydrogen-bond donors (Lipinski definition) is 0. The Hall–Kier alpha value is -1.67. The molecule has 1 fully saturated rings. The van der Waals surface area contributed by atoms with Crippen molar-refractivity contribution in [3.05, 3.63) is 16.8 Å². The molecule has 1 saturated heterocycles. The van der Waals surface area contributed by atoms with E-state index in [9.17, 15) is 5.26 Å². The van der Waals surface area contributed by atoms with Gasteiger partial charge in [0.05, 0.1) is 5.69 Å². The molecular weight excluding hydrogens is 262 g/mol. The van der Waals surface area contributed by atoms with Crippen LogP contribution < -0.4 is 4.90 Å². The molecule has 2 rings (SSSR count). The summed E-state index contributed by atoms with van der Waals surface area (Å²) in [7, 11) is 2.16. The fourth-order valence-electron chi connectivity index (χ4n) is 3.05. The van der Waals surface area contributed by atoms with E-state index in [1.807, 2.05) is 0 Å². The first-order valence-electron chi connectivity index (χ1n) is 7.89. The lowest BCUT2D eigenvalue weighted by Crippen LogP contribution is -2.34. The van der Waals surface area contributed by atoms with Crippen molar-refractivity contribution < 1.29 is 0 Å². The van der Waals surface area contributed by atoms with E-state index in [0.29, 0.717) is 6.04 Å². The molecule has 1 aromatic rings. The van der Waals surface area contributed by atoms with Crippen LogP contribution in [0.15, 0.2) is 0 Å². The molecule has 1 aromatic heterocycles. The highest BCUT2D eigenvalue weighted by molar-refractivity contribution is 5.58. The van der Waals surface area contributed by atoms with Crippen LogP contribution in [-0.4, -0.2) is 47.8 Å². The number of hydrogen-bond acceptors (Lipinski definition) is 5. The minimum atomic E-state index is 0.541. The first-order chi connectivity index (χ1) is 10.2. The van der Waals surface area contributed by atoms with Gasteiger partial charge in [-0.2, -0.15) is 10.4 Å². The van der Waals surface area contributed by atoms with Gasteiger partial charge < -0.3 is 9.80 Å². The van der Waals surface area contributed by atoms with Crippen LogP contribution in [0.5, 0.6) is 0 Å². The second-order valence-electron chi connectivity index (χ2n) is 5.60. The van der Waals surface area contributed by atoms with Gasteiger partial charge in [-0.3, -0.25) is 0 Å². The van der Waals surface area contributed by atoms with Gasteiger partial charge >= 0.3 is 0 Å². The van der Waals surface area contributed by atoms with Gasteiger partial charge in [-0.15, -0.1) is 5.10 Å². The van der Waals surface area contributed by atoms with Gasteiger partial charge in [0, 0.05) is 19.1 Å². The monoisotopic (exact) mass is 287 g/mol. The molecule has 5 nitrogen and oxygen atoms in total. The second-order valence-corrected chi connectivity index (χ2v) is 5.60. The van der Waals surface area contributed by atoms with Crippen LogP contribution in [0.2, 0.25) is 0 Å². The molecule has 21 heavy (non-hydrogen) atoms. The Morgan fingerprint density at radius 2 is 2.05 bits per heavy atom. The van der Waals surface area contributed by atoms with E-state index in [2.05, 4.69) is 53.9 Å². The molecule has 1 unspecified atom stereocenters. The van der Waals surface area contributed by atoms with Crippen molar-refractivity contribution >= 4 is 5.82 Å². The minimum absolute atomic E-state index is 0.541. The molecule has 1 aliphatic rings. The predicted molar refractivity (Wildman–Crippen MR) is 84.4 cm³/mol. The normalized spacial score (nSPS) is 18.3. The number of aryl methyl sites for hydroxylation is 1. The smallest absolute Gasteiger partial charge is 0.169 e. The third-order valence-corrected chi connectivity index (χ3v) is 4.52. The van der Waals surface area contributed by atoms with Gasteiger partial charge in [-0.05, 0) is 38.4 Å². The summed E-state index contributed by atoms with van der Waals surface area (Å²) in [4.78, 5) is 4.58. The summed E-state index contributed by atoms with van der Waals surface area (Å²) in [5.41, 5.74) is 2.75. The van der Waals surface area contributed by atoms with Crippen molar-refractivity contribution in [1.29, 1.82) is 5.26 Å². The average molecular weight is 287 g/mol. The first kappa shape index (κ1) is 15.7. The summed E-state index contributed by atoms with van der Waals surface area (Å²) in [6.07, 6.45) is 2.78. The Balaban J connectivity index is 2.31. The maximum Gasteiger partial charge on any atom is 0.169 e. The Morgan fingerprint density at radius 1 is 1.29 bits per heavy atom. The first-order valence-corrected chi connectivity index (χ1v) is 7.89. The number of nitrogens with zero attached hydrogens (tertiary/aromatic N) is 5. The number of nitriles is 1. The third-order valence-electron chi connectivity index (χ3n) is 4.52. The zero-order valence-electron chi connectivity index (χ0n) is 13.6. The highest BCUT2D eigenvalue weighted by Crippen LogP contribution is 2.27. The maximum absolute atomic E-state index is 9.58. The lowest BCUT2D eigenvalue weighted by Gasteiger charge is -2.24. The summed E-state index contributed by atoms with van der Waals surface area (Å²) in [5.74, 6) is 0.776. The molecule has 0 radical (unpaired) electrons. The van der Waals surface area contributed by atoms with E-state index in [1.54, 1.807) is 0 Å². The zero-order chi connectivity index (χ0) is 15.4. The van der Waals surface area contributed by atoms with Crippen molar-refractivity contribution in [2.45, 2.75) is 46.1 Å². The van der Waals surface area contributed by atoms with Crippen molar-refractivity contribution in [2.24, 2.45) is 0 Å². The number of aromatic nitrogens is 2. The van der Waals surface area contributed by atoms with Crippen LogP contribution >= 0.6 is 0 Å². The summed E-state index contributed by atoms with van der Waals surface area (Å²) in [6.45, 7) is 9.25. The average Bonchev–Trinajstić information content (AvgIpc) is 3.02. The Morgan fingerprint density at radius 3 is 2.62 bits per heavy atom. The lowest BCUT2D eigenvalue weighted by atomic mass is 10.0. The summed E-state index contributed by atoms with van der Waals surface area (Å²) in [6, 6.07) is 2.91. The largest absolute Gasteiger partial charge is 0.352 e. The maximum atomic E-state index is 9.58. The van der Waals surface area contributed by atoms with Gasteiger partial charge in [0.15, 0.2) is 5.82 Å². The summed E-state index contributed by atoms with van der Waals surface area (Å²) < 4.78 is 0. The quantitative estimate of drug-likeness (QED) is 0.829. The van der Waals surface area contributed by atoms with E-state index >= 15 is 0 Å². The third kappa shape index (κ3) is 3.01. The van der Waals surface area contributed by atoms with E-state index < -0.39 is 0 Å². The zero-order valence-corrected chi connectivity index (χ0v) is 13.6. The molecular formula is C16H25N5. The number of rotatable bonds is 5. The van der Waals surface area contributed by atoms with Gasteiger partial charge in [0.2, 0.25) is 0 Å². The molecule has 0 aromatic carbocycles. The van der Waals surface area contributed by atoms with E-state index in [4.69, 9.17) is 0 Å². The molecule has 0 saturated carbocycles. The molecule has 5 heteroatoms. The van der Waals surface area contributed by atoms with E-state index in [0.717, 1.165) is 61.5 Å². The van der Waals surface area contributed by atoms with Crippen molar-refractivity contribution in [2.75, 3.05) is 31.6 Å². The molecule has 1 atom stereocenters. The molecule has 0 N–H and O–H groups in total. The summed E-state index contributed by atoms with van der Waals surface area (Å²) in [5, 5.41) is 18.3. The van der Waals surface area contributed by atoms with Gasteiger partial charge in [0.1, 0.15) is 11.6 Å². The molecule has 1 aliphatic heterocycles. The number of likely N-dealkylation sites (N-methyl/N-ethyl adjacent to an activating group) is 1. The lowest BCUT2D eigenvalue weighted by molar-refractivity contribution is 0.272. The fraction of sp³-hybridized carbons (Fsp3) is 0.688. The highest BCUT2D eigenvalue weighted by Gasteiger charge is 2.28. The predicted octanol–water partition coefficient (Wildman–Crippen LogP) is 2.00. The van der Waals surface area contributed by atoms with E-state index in [-0.39, 0.29) is 0 Å². The second kappa shape index (κ2) is 6.86. The molecule has 114 valence electrons. The standard InChI is InChI=1S/C16H25N5/c1-5-13-14(10-17)16(19-18-15(13)6-2)21-9-8-12(11-21)20(4)7-3/h12H,5-9,11H2,1-4H3. The van der Waals surface area contributed by atoms with Gasteiger partial charge in [-0.25, -0.2) is 0 Å². The Bertz CT molecular complexity index is 534. The van der Waals surface area contributed by atoms with Crippen LogP contribution in [-0.2, 0) is 12.8 Å². The van der Waals surface area contributed by atoms with Crippen LogP contribution in [0.25, 0.3) is 0 Å². The number of anilines is 1. The van der Waals surface area contributed by atoms with Crippen LogP contribution in [0.1, 0.15) is 44.0 Å². The molecule has 0 bridgehead atoms. The van der Waals surface area contributed by atoms with E-state index in [1.165, 1.54) is 0 Å². The van der Waals surface area contributed by atoms with Crippen LogP contribution in [0.3, 0.4) is 0 Å². The molecule has 0 spiro atoms. The van der Waals surface area contributed by atoms with Gasteiger partial charge in [-0.1, -0.05) is 20.8 Å². The molecule has 0 aliphatic carbocycles. The van der Waals surface area contributed by atoms with Crippen LogP contribution in [0.4, 0.5) is 5.82 Å². The molecule has 2 heterocycles. The van der Waals surface area contributed by atoms with Crippen LogP contribution in [0, 0.1) is 11.3 Å². The van der Waals surface area contributed by atoms with Crippen molar-refractivity contribution in [1.82, 2.24) is 15.1 Å². The highest BCUT2D eigenvalue weighted by atomic mass is 15.3. The Labute approximate surface area is 127 Å². The Kier molecular flexibility index (Phi) is 5.13. The molecule has 0 amide bonds. The summed E-state index contributed by atoms with van der Waals surface area (Å²) >= 11 is 0. The SMILES string of the molecule is CCc1nnc(N2CCC(N(C)CC)C2)c(C#N)c1CC. The van der Waals surface area contributed by atoms with Crippen molar-refractivity contribution in [3.63, 3.8) is 0 Å². The minimum Gasteiger partial charge on any atom is -0.352 e.